The Morgan fingerprint density at radius 2 is 2.19 bits per heavy atom. The number of nitro benzene ring substituents is 1. The molecule has 7 heteroatoms. The Bertz CT molecular complexity index is 642. The maximum atomic E-state index is 11.1. The van der Waals surface area contributed by atoms with Crippen LogP contribution in [0.3, 0.4) is 0 Å². The minimum absolute atomic E-state index is 0.109. The summed E-state index contributed by atoms with van der Waals surface area (Å²) in [4.78, 5) is 18.3. The molecule has 6 nitrogen and oxygen atoms in total. The monoisotopic (exact) mass is 306 g/mol. The van der Waals surface area contributed by atoms with E-state index in [0.717, 1.165) is 17.8 Å². The highest BCUT2D eigenvalue weighted by molar-refractivity contribution is 7.09. The van der Waals surface area contributed by atoms with Gasteiger partial charge >= 0.3 is 0 Å². The standard InChI is InChI=1S/C14H18N4O2S/c1-10-13(21-9-16-10)8-17(3)7-11-5-4-6-12(18(19)20)14(11)15-2/h4-6,9,15H,7-8H2,1-3H3. The van der Waals surface area contributed by atoms with Gasteiger partial charge in [0.15, 0.2) is 0 Å². The molecular weight excluding hydrogens is 288 g/mol. The van der Waals surface area contributed by atoms with Gasteiger partial charge in [0.25, 0.3) is 5.69 Å². The summed E-state index contributed by atoms with van der Waals surface area (Å²) in [6, 6.07) is 5.15. The third-order valence-corrected chi connectivity index (χ3v) is 4.19. The summed E-state index contributed by atoms with van der Waals surface area (Å²) in [7, 11) is 3.70. The summed E-state index contributed by atoms with van der Waals surface area (Å²) in [5.41, 5.74) is 4.48. The van der Waals surface area contributed by atoms with Gasteiger partial charge in [-0.05, 0) is 19.5 Å². The number of para-hydroxylation sites is 1. The molecule has 1 N–H and O–H groups in total. The van der Waals surface area contributed by atoms with Crippen molar-refractivity contribution in [3.63, 3.8) is 0 Å². The Morgan fingerprint density at radius 3 is 2.76 bits per heavy atom. The van der Waals surface area contributed by atoms with E-state index >= 15 is 0 Å². The molecule has 0 fully saturated rings. The Hall–Kier alpha value is -1.99. The van der Waals surface area contributed by atoms with Gasteiger partial charge in [0.1, 0.15) is 5.69 Å². The largest absolute Gasteiger partial charge is 0.382 e. The number of hydrogen-bond donors (Lipinski definition) is 1. The number of aryl methyl sites for hydroxylation is 1. The molecule has 1 aromatic carbocycles. The van der Waals surface area contributed by atoms with Crippen LogP contribution in [0.4, 0.5) is 11.4 Å². The van der Waals surface area contributed by atoms with E-state index in [1.165, 1.54) is 10.9 Å². The number of aromatic nitrogens is 1. The first-order valence-electron chi connectivity index (χ1n) is 6.54. The third kappa shape index (κ3) is 3.56. The van der Waals surface area contributed by atoms with Gasteiger partial charge in [-0.1, -0.05) is 12.1 Å². The molecule has 0 unspecified atom stereocenters. The molecule has 112 valence electrons. The molecule has 0 aliphatic heterocycles. The zero-order chi connectivity index (χ0) is 15.4. The molecule has 0 saturated carbocycles. The summed E-state index contributed by atoms with van der Waals surface area (Å²) in [6.07, 6.45) is 0. The van der Waals surface area contributed by atoms with E-state index in [1.54, 1.807) is 24.5 Å². The van der Waals surface area contributed by atoms with Crippen LogP contribution in [0, 0.1) is 17.0 Å². The van der Waals surface area contributed by atoms with E-state index in [-0.39, 0.29) is 10.6 Å². The molecule has 0 atom stereocenters. The van der Waals surface area contributed by atoms with Crippen molar-refractivity contribution in [2.45, 2.75) is 20.0 Å². The number of nitro groups is 1. The summed E-state index contributed by atoms with van der Waals surface area (Å²) in [6.45, 7) is 3.41. The highest BCUT2D eigenvalue weighted by Crippen LogP contribution is 2.29. The Labute approximate surface area is 127 Å². The van der Waals surface area contributed by atoms with Crippen molar-refractivity contribution in [3.8, 4) is 0 Å². The van der Waals surface area contributed by atoms with E-state index in [2.05, 4.69) is 15.2 Å². The van der Waals surface area contributed by atoms with Crippen LogP contribution in [0.2, 0.25) is 0 Å². The molecule has 2 aromatic rings. The number of thiazole rings is 1. The first kappa shape index (κ1) is 15.4. The van der Waals surface area contributed by atoms with Crippen LogP contribution in [0.5, 0.6) is 0 Å². The second-order valence-electron chi connectivity index (χ2n) is 4.85. The predicted octanol–water partition coefficient (Wildman–Crippen LogP) is 3.03. The average molecular weight is 306 g/mol. The first-order chi connectivity index (χ1) is 10.0. The minimum Gasteiger partial charge on any atom is -0.382 e. The van der Waals surface area contributed by atoms with Gasteiger partial charge in [0, 0.05) is 31.1 Å². The Kier molecular flexibility index (Phi) is 4.87. The van der Waals surface area contributed by atoms with E-state index in [9.17, 15) is 10.1 Å². The molecule has 2 rings (SSSR count). The number of hydrogen-bond acceptors (Lipinski definition) is 6. The summed E-state index contributed by atoms with van der Waals surface area (Å²) in [5.74, 6) is 0. The van der Waals surface area contributed by atoms with Crippen molar-refractivity contribution < 1.29 is 4.92 Å². The van der Waals surface area contributed by atoms with Crippen LogP contribution in [0.25, 0.3) is 0 Å². The van der Waals surface area contributed by atoms with E-state index < -0.39 is 0 Å². The number of nitrogens with zero attached hydrogens (tertiary/aromatic N) is 3. The van der Waals surface area contributed by atoms with E-state index in [1.807, 2.05) is 25.5 Å². The van der Waals surface area contributed by atoms with Gasteiger partial charge < -0.3 is 5.32 Å². The second-order valence-corrected chi connectivity index (χ2v) is 5.79. The summed E-state index contributed by atoms with van der Waals surface area (Å²) in [5, 5.41) is 14.0. The van der Waals surface area contributed by atoms with Crippen LogP contribution in [0.15, 0.2) is 23.7 Å². The minimum atomic E-state index is -0.358. The molecule has 21 heavy (non-hydrogen) atoms. The van der Waals surface area contributed by atoms with Crippen molar-refractivity contribution in [2.75, 3.05) is 19.4 Å². The molecule has 0 radical (unpaired) electrons. The van der Waals surface area contributed by atoms with Crippen molar-refractivity contribution >= 4 is 22.7 Å². The zero-order valence-electron chi connectivity index (χ0n) is 12.3. The molecule has 0 saturated heterocycles. The highest BCUT2D eigenvalue weighted by Gasteiger charge is 2.17. The average Bonchev–Trinajstić information content (AvgIpc) is 2.83. The first-order valence-corrected chi connectivity index (χ1v) is 7.42. The maximum absolute atomic E-state index is 11.1. The van der Waals surface area contributed by atoms with Gasteiger partial charge in [0.2, 0.25) is 0 Å². The SMILES string of the molecule is CNc1c(CN(C)Cc2scnc2C)cccc1[N+](=O)[O-]. The lowest BCUT2D eigenvalue weighted by molar-refractivity contribution is -0.384. The molecule has 1 heterocycles. The smallest absolute Gasteiger partial charge is 0.292 e. The Morgan fingerprint density at radius 1 is 1.43 bits per heavy atom. The van der Waals surface area contributed by atoms with Gasteiger partial charge in [-0.25, -0.2) is 4.98 Å². The van der Waals surface area contributed by atoms with Crippen LogP contribution >= 0.6 is 11.3 Å². The third-order valence-electron chi connectivity index (χ3n) is 3.27. The van der Waals surface area contributed by atoms with Gasteiger partial charge in [0.05, 0.1) is 16.1 Å². The van der Waals surface area contributed by atoms with Crippen LogP contribution < -0.4 is 5.32 Å². The topological polar surface area (TPSA) is 71.3 Å². The van der Waals surface area contributed by atoms with Crippen molar-refractivity contribution in [3.05, 3.63) is 50.0 Å². The lowest BCUT2D eigenvalue weighted by Crippen LogP contribution is -2.18. The number of nitrogens with one attached hydrogen (secondary N) is 1. The Balaban J connectivity index is 2.17. The van der Waals surface area contributed by atoms with E-state index in [0.29, 0.717) is 12.2 Å². The highest BCUT2D eigenvalue weighted by atomic mass is 32.1. The van der Waals surface area contributed by atoms with Gasteiger partial charge in [-0.15, -0.1) is 11.3 Å². The van der Waals surface area contributed by atoms with Crippen LogP contribution in [-0.2, 0) is 13.1 Å². The molecule has 0 spiro atoms. The number of anilines is 1. The molecule has 0 amide bonds. The maximum Gasteiger partial charge on any atom is 0.292 e. The van der Waals surface area contributed by atoms with Crippen LogP contribution in [-0.4, -0.2) is 28.9 Å². The van der Waals surface area contributed by atoms with Gasteiger partial charge in [-0.3, -0.25) is 15.0 Å². The fourth-order valence-corrected chi connectivity index (χ4v) is 3.09. The summed E-state index contributed by atoms with van der Waals surface area (Å²) >= 11 is 1.63. The summed E-state index contributed by atoms with van der Waals surface area (Å²) < 4.78 is 0. The lowest BCUT2D eigenvalue weighted by Gasteiger charge is -2.18. The fourth-order valence-electron chi connectivity index (χ4n) is 2.23. The molecular formula is C14H18N4O2S. The lowest BCUT2D eigenvalue weighted by atomic mass is 10.1. The zero-order valence-corrected chi connectivity index (χ0v) is 13.1. The van der Waals surface area contributed by atoms with Crippen molar-refractivity contribution in [2.24, 2.45) is 0 Å². The van der Waals surface area contributed by atoms with Crippen molar-refractivity contribution in [1.29, 1.82) is 0 Å². The van der Waals surface area contributed by atoms with Gasteiger partial charge in [-0.2, -0.15) is 0 Å². The number of benzene rings is 1. The molecule has 1 aromatic heterocycles. The predicted molar refractivity (Wildman–Crippen MR) is 84.7 cm³/mol. The molecule has 0 aliphatic carbocycles. The van der Waals surface area contributed by atoms with Crippen LogP contribution in [0.1, 0.15) is 16.1 Å². The number of rotatable bonds is 6. The molecule has 0 bridgehead atoms. The fraction of sp³-hybridized carbons (Fsp3) is 0.357. The normalized spacial score (nSPS) is 10.9. The van der Waals surface area contributed by atoms with Crippen molar-refractivity contribution in [1.82, 2.24) is 9.88 Å². The quantitative estimate of drug-likeness (QED) is 0.656. The van der Waals surface area contributed by atoms with E-state index in [4.69, 9.17) is 0 Å². The second kappa shape index (κ2) is 6.64. The molecule has 0 aliphatic rings.